The maximum atomic E-state index is 13.0. The van der Waals surface area contributed by atoms with Gasteiger partial charge in [0.2, 0.25) is 15.9 Å². The van der Waals surface area contributed by atoms with E-state index in [-0.39, 0.29) is 17.2 Å². The van der Waals surface area contributed by atoms with Gasteiger partial charge in [-0.05, 0) is 69.0 Å². The Labute approximate surface area is 202 Å². The third kappa shape index (κ3) is 6.42. The van der Waals surface area contributed by atoms with E-state index in [9.17, 15) is 13.2 Å². The van der Waals surface area contributed by atoms with Crippen molar-refractivity contribution in [3.05, 3.63) is 42.0 Å². The molecule has 1 aliphatic rings. The van der Waals surface area contributed by atoms with Crippen LogP contribution in [0.4, 0.5) is 5.69 Å². The van der Waals surface area contributed by atoms with Gasteiger partial charge in [-0.15, -0.1) is 0 Å². The number of hydrogen-bond acceptors (Lipinski definition) is 6. The number of nitrogens with zero attached hydrogens (tertiary/aromatic N) is 1. The predicted octanol–water partition coefficient (Wildman–Crippen LogP) is 4.24. The summed E-state index contributed by atoms with van der Waals surface area (Å²) < 4.78 is 44.2. The van der Waals surface area contributed by atoms with E-state index < -0.39 is 10.0 Å². The number of piperidine rings is 1. The van der Waals surface area contributed by atoms with Crippen molar-refractivity contribution in [2.45, 2.75) is 50.8 Å². The van der Waals surface area contributed by atoms with E-state index in [1.165, 1.54) is 23.5 Å². The molecule has 1 heterocycles. The van der Waals surface area contributed by atoms with Crippen LogP contribution in [-0.4, -0.2) is 52.0 Å². The molecule has 0 aromatic heterocycles. The van der Waals surface area contributed by atoms with Gasteiger partial charge in [0.05, 0.1) is 30.9 Å². The van der Waals surface area contributed by atoms with Gasteiger partial charge in [0.1, 0.15) is 5.75 Å². The molecule has 1 amide bonds. The Balaban J connectivity index is 1.70. The van der Waals surface area contributed by atoms with Gasteiger partial charge in [0.25, 0.3) is 0 Å². The summed E-state index contributed by atoms with van der Waals surface area (Å²) in [4.78, 5) is 12.9. The molecular formula is C25H34N2O6S. The Kier molecular flexibility index (Phi) is 9.18. The number of hydrogen-bond donors (Lipinski definition) is 1. The second-order valence-electron chi connectivity index (χ2n) is 8.02. The summed E-state index contributed by atoms with van der Waals surface area (Å²) in [5, 5.41) is 2.82. The number of rotatable bonds is 11. The normalized spacial score (nSPS) is 14.4. The monoisotopic (exact) mass is 490 g/mol. The third-order valence-corrected chi connectivity index (χ3v) is 7.54. The molecule has 0 aliphatic carbocycles. The second kappa shape index (κ2) is 12.1. The molecule has 0 spiro atoms. The molecule has 0 atom stereocenters. The summed E-state index contributed by atoms with van der Waals surface area (Å²) in [6.07, 6.45) is 3.46. The lowest BCUT2D eigenvalue weighted by Crippen LogP contribution is -2.35. The van der Waals surface area contributed by atoms with E-state index in [1.807, 2.05) is 32.0 Å². The number of ether oxygens (including phenoxy) is 3. The molecule has 8 nitrogen and oxygen atoms in total. The van der Waals surface area contributed by atoms with Crippen molar-refractivity contribution in [3.8, 4) is 17.2 Å². The fourth-order valence-electron chi connectivity index (χ4n) is 3.92. The number of benzene rings is 2. The summed E-state index contributed by atoms with van der Waals surface area (Å²) in [7, 11) is -2.13. The second-order valence-corrected chi connectivity index (χ2v) is 9.96. The summed E-state index contributed by atoms with van der Waals surface area (Å²) in [5.41, 5.74) is 1.28. The van der Waals surface area contributed by atoms with Gasteiger partial charge in [-0.1, -0.05) is 12.5 Å². The molecule has 3 rings (SSSR count). The van der Waals surface area contributed by atoms with Gasteiger partial charge < -0.3 is 19.5 Å². The van der Waals surface area contributed by atoms with E-state index in [4.69, 9.17) is 14.2 Å². The van der Waals surface area contributed by atoms with Crippen LogP contribution in [0.3, 0.4) is 0 Å². The summed E-state index contributed by atoms with van der Waals surface area (Å²) >= 11 is 0. The minimum absolute atomic E-state index is 0.151. The number of carbonyl (C=O) groups excluding carboxylic acids is 1. The Morgan fingerprint density at radius 1 is 0.941 bits per heavy atom. The Morgan fingerprint density at radius 2 is 1.62 bits per heavy atom. The fraction of sp³-hybridized carbons (Fsp3) is 0.480. The van der Waals surface area contributed by atoms with Gasteiger partial charge in [0, 0.05) is 19.5 Å². The molecule has 1 N–H and O–H groups in total. The molecule has 0 radical (unpaired) electrons. The lowest BCUT2D eigenvalue weighted by atomic mass is 10.1. The van der Waals surface area contributed by atoms with Crippen molar-refractivity contribution in [2.24, 2.45) is 0 Å². The van der Waals surface area contributed by atoms with Crippen LogP contribution < -0.4 is 19.5 Å². The van der Waals surface area contributed by atoms with Crippen LogP contribution >= 0.6 is 0 Å². The van der Waals surface area contributed by atoms with Crippen LogP contribution in [0.5, 0.6) is 17.2 Å². The van der Waals surface area contributed by atoms with Crippen molar-refractivity contribution in [3.63, 3.8) is 0 Å². The first-order valence-corrected chi connectivity index (χ1v) is 13.2. The van der Waals surface area contributed by atoms with Gasteiger partial charge in [0.15, 0.2) is 11.5 Å². The van der Waals surface area contributed by atoms with Crippen molar-refractivity contribution < 1.29 is 27.4 Å². The van der Waals surface area contributed by atoms with Crippen LogP contribution in [-0.2, 0) is 21.2 Å². The number of sulfonamides is 1. The van der Waals surface area contributed by atoms with Crippen molar-refractivity contribution in [1.82, 2.24) is 4.31 Å². The zero-order valence-corrected chi connectivity index (χ0v) is 20.9. The van der Waals surface area contributed by atoms with Crippen LogP contribution in [0.15, 0.2) is 41.3 Å². The van der Waals surface area contributed by atoms with Crippen LogP contribution in [0.25, 0.3) is 0 Å². The lowest BCUT2D eigenvalue weighted by molar-refractivity contribution is -0.116. The van der Waals surface area contributed by atoms with Crippen molar-refractivity contribution >= 4 is 21.6 Å². The quantitative estimate of drug-likeness (QED) is 0.506. The van der Waals surface area contributed by atoms with Crippen molar-refractivity contribution in [1.29, 1.82) is 0 Å². The highest BCUT2D eigenvalue weighted by Crippen LogP contribution is 2.31. The molecule has 1 aliphatic heterocycles. The molecule has 2 aromatic carbocycles. The highest BCUT2D eigenvalue weighted by molar-refractivity contribution is 7.89. The van der Waals surface area contributed by atoms with Crippen molar-refractivity contribution in [2.75, 3.05) is 38.7 Å². The SMILES string of the molecule is CCOc1ccc(CCC(=O)Nc2cc(S(=O)(=O)N3CCCCC3)ccc2OC)cc1OCC. The Bertz CT molecular complexity index is 1080. The Hall–Kier alpha value is -2.78. The molecule has 0 bridgehead atoms. The number of aryl methyl sites for hydroxylation is 1. The minimum Gasteiger partial charge on any atom is -0.495 e. The van der Waals surface area contributed by atoms with Crippen LogP contribution in [0.2, 0.25) is 0 Å². The highest BCUT2D eigenvalue weighted by atomic mass is 32.2. The fourth-order valence-corrected chi connectivity index (χ4v) is 5.47. The maximum Gasteiger partial charge on any atom is 0.243 e. The first-order chi connectivity index (χ1) is 16.4. The van der Waals surface area contributed by atoms with Gasteiger partial charge in [-0.2, -0.15) is 4.31 Å². The molecule has 186 valence electrons. The minimum atomic E-state index is -3.62. The average molecular weight is 491 g/mol. The molecule has 34 heavy (non-hydrogen) atoms. The molecule has 0 saturated carbocycles. The number of amides is 1. The number of nitrogens with one attached hydrogen (secondary N) is 1. The van der Waals surface area contributed by atoms with Gasteiger partial charge in [-0.3, -0.25) is 4.79 Å². The van der Waals surface area contributed by atoms with E-state index in [1.54, 1.807) is 6.07 Å². The third-order valence-electron chi connectivity index (χ3n) is 5.65. The zero-order valence-electron chi connectivity index (χ0n) is 20.1. The molecule has 0 unspecified atom stereocenters. The molecule has 1 saturated heterocycles. The molecular weight excluding hydrogens is 456 g/mol. The predicted molar refractivity (Wildman–Crippen MR) is 131 cm³/mol. The summed E-state index contributed by atoms with van der Waals surface area (Å²) in [5.74, 6) is 1.50. The molecule has 9 heteroatoms. The van der Waals surface area contributed by atoms with E-state index in [2.05, 4.69) is 5.32 Å². The van der Waals surface area contributed by atoms with Crippen LogP contribution in [0, 0.1) is 0 Å². The molecule has 1 fully saturated rings. The largest absolute Gasteiger partial charge is 0.495 e. The lowest BCUT2D eigenvalue weighted by Gasteiger charge is -2.26. The number of anilines is 1. The van der Waals surface area contributed by atoms with Gasteiger partial charge in [-0.25, -0.2) is 8.42 Å². The number of carbonyl (C=O) groups is 1. The zero-order chi connectivity index (χ0) is 24.6. The maximum absolute atomic E-state index is 13.0. The topological polar surface area (TPSA) is 94.2 Å². The van der Waals surface area contributed by atoms with Crippen LogP contribution in [0.1, 0.15) is 45.1 Å². The van der Waals surface area contributed by atoms with E-state index in [0.717, 1.165) is 24.8 Å². The van der Waals surface area contributed by atoms with E-state index >= 15 is 0 Å². The summed E-state index contributed by atoms with van der Waals surface area (Å²) in [6.45, 7) is 5.90. The standard InChI is InChI=1S/C25H34N2O6S/c1-4-32-23-12-9-19(17-24(23)33-5-2)10-14-25(28)26-21-18-20(11-13-22(21)31-3)34(29,30)27-15-7-6-8-16-27/h9,11-13,17-18H,4-8,10,14-16H2,1-3H3,(H,26,28). The molecule has 2 aromatic rings. The number of methoxy groups -OCH3 is 1. The Morgan fingerprint density at radius 3 is 2.29 bits per heavy atom. The van der Waals surface area contributed by atoms with Gasteiger partial charge >= 0.3 is 0 Å². The summed E-state index contributed by atoms with van der Waals surface area (Å²) in [6, 6.07) is 10.2. The first kappa shape index (κ1) is 25.8. The van der Waals surface area contributed by atoms with E-state index in [0.29, 0.717) is 55.7 Å². The highest BCUT2D eigenvalue weighted by Gasteiger charge is 2.27. The first-order valence-electron chi connectivity index (χ1n) is 11.8. The average Bonchev–Trinajstić information content (AvgIpc) is 2.85. The smallest absolute Gasteiger partial charge is 0.243 e.